The highest BCUT2D eigenvalue weighted by Crippen LogP contribution is 2.24. The molecule has 0 radical (unpaired) electrons. The monoisotopic (exact) mass is 420 g/mol. The molecule has 6 heteroatoms. The van der Waals surface area contributed by atoms with Crippen molar-refractivity contribution in [3.05, 3.63) is 76.5 Å². The van der Waals surface area contributed by atoms with Crippen LogP contribution in [0.4, 0.5) is 0 Å². The third-order valence-corrected chi connectivity index (χ3v) is 5.23. The van der Waals surface area contributed by atoms with Crippen LogP contribution in [0.1, 0.15) is 55.0 Å². The number of rotatable bonds is 7. The van der Waals surface area contributed by atoms with Crippen molar-refractivity contribution in [2.75, 3.05) is 6.61 Å². The first-order chi connectivity index (χ1) is 14.9. The van der Waals surface area contributed by atoms with E-state index in [9.17, 15) is 14.4 Å². The van der Waals surface area contributed by atoms with Crippen molar-refractivity contribution in [1.82, 2.24) is 10.6 Å². The van der Waals surface area contributed by atoms with Gasteiger partial charge in [-0.3, -0.25) is 9.59 Å². The molecule has 2 N–H and O–H groups in total. The maximum atomic E-state index is 12.4. The SMILES string of the molecule is CC(=O)N/C(=C\c1ccccc1)C(=O)OCC(=O)N[C@@H](C)c1ccc2c(c1)CCCC2. The number of esters is 1. The second kappa shape index (κ2) is 10.6. The molecular formula is C25H28N2O4. The van der Waals surface area contributed by atoms with Crippen molar-refractivity contribution < 1.29 is 19.1 Å². The Labute approximate surface area is 182 Å². The number of carbonyl (C=O) groups is 3. The zero-order chi connectivity index (χ0) is 22.2. The topological polar surface area (TPSA) is 84.5 Å². The number of aryl methyl sites for hydroxylation is 2. The van der Waals surface area contributed by atoms with Crippen molar-refractivity contribution in [2.45, 2.75) is 45.6 Å². The van der Waals surface area contributed by atoms with Crippen LogP contribution in [0.15, 0.2) is 54.2 Å². The summed E-state index contributed by atoms with van der Waals surface area (Å²) in [5.74, 6) is -1.57. The Morgan fingerprint density at radius 2 is 1.74 bits per heavy atom. The van der Waals surface area contributed by atoms with Gasteiger partial charge in [-0.25, -0.2) is 4.79 Å². The third-order valence-electron chi connectivity index (χ3n) is 5.23. The molecule has 31 heavy (non-hydrogen) atoms. The molecule has 1 aliphatic rings. The summed E-state index contributed by atoms with van der Waals surface area (Å²) in [6.07, 6.45) is 6.11. The largest absolute Gasteiger partial charge is 0.451 e. The Morgan fingerprint density at radius 3 is 2.45 bits per heavy atom. The molecule has 0 heterocycles. The number of amides is 2. The maximum absolute atomic E-state index is 12.4. The average molecular weight is 421 g/mol. The minimum Gasteiger partial charge on any atom is -0.451 e. The maximum Gasteiger partial charge on any atom is 0.355 e. The van der Waals surface area contributed by atoms with Gasteiger partial charge in [-0.05, 0) is 60.9 Å². The van der Waals surface area contributed by atoms with E-state index in [-0.39, 0.29) is 11.7 Å². The number of ether oxygens (including phenoxy) is 1. The summed E-state index contributed by atoms with van der Waals surface area (Å²) >= 11 is 0. The average Bonchev–Trinajstić information content (AvgIpc) is 2.77. The van der Waals surface area contributed by atoms with Gasteiger partial charge in [0.05, 0.1) is 6.04 Å². The summed E-state index contributed by atoms with van der Waals surface area (Å²) in [5, 5.41) is 5.33. The first kappa shape index (κ1) is 22.3. The zero-order valence-corrected chi connectivity index (χ0v) is 17.9. The molecule has 2 amide bonds. The standard InChI is InChI=1S/C25H28N2O4/c1-17(21-13-12-20-10-6-7-11-22(20)15-21)26-24(29)16-31-25(30)23(27-18(2)28)14-19-8-4-3-5-9-19/h3-5,8-9,12-15,17H,6-7,10-11,16H2,1-2H3,(H,26,29)(H,27,28)/b23-14-/t17-/m0/s1. The fraction of sp³-hybridized carbons (Fsp3) is 0.320. The molecule has 0 saturated carbocycles. The Morgan fingerprint density at radius 1 is 1.03 bits per heavy atom. The van der Waals surface area contributed by atoms with Crippen LogP contribution in [0.2, 0.25) is 0 Å². The van der Waals surface area contributed by atoms with Crippen molar-refractivity contribution in [1.29, 1.82) is 0 Å². The van der Waals surface area contributed by atoms with Crippen LogP contribution < -0.4 is 10.6 Å². The van der Waals surface area contributed by atoms with Crippen LogP contribution >= 0.6 is 0 Å². The molecule has 6 nitrogen and oxygen atoms in total. The lowest BCUT2D eigenvalue weighted by Gasteiger charge is -2.20. The quantitative estimate of drug-likeness (QED) is 0.531. The zero-order valence-electron chi connectivity index (χ0n) is 17.9. The molecule has 1 aliphatic carbocycles. The second-order valence-electron chi connectivity index (χ2n) is 7.75. The normalized spacial score (nSPS) is 14.2. The Bertz CT molecular complexity index is 982. The molecule has 0 spiro atoms. The molecule has 2 aromatic carbocycles. The molecule has 0 aromatic heterocycles. The van der Waals surface area contributed by atoms with E-state index in [1.54, 1.807) is 12.1 Å². The highest BCUT2D eigenvalue weighted by molar-refractivity contribution is 5.98. The lowest BCUT2D eigenvalue weighted by molar-refractivity contribution is -0.145. The van der Waals surface area contributed by atoms with E-state index < -0.39 is 24.4 Å². The minimum atomic E-state index is -0.768. The van der Waals surface area contributed by atoms with Crippen molar-refractivity contribution in [2.24, 2.45) is 0 Å². The lowest BCUT2D eigenvalue weighted by Crippen LogP contribution is -2.33. The van der Waals surface area contributed by atoms with Crippen LogP contribution in [-0.4, -0.2) is 24.4 Å². The first-order valence-corrected chi connectivity index (χ1v) is 10.5. The number of hydrogen-bond donors (Lipinski definition) is 2. The minimum absolute atomic E-state index is 0.0192. The number of nitrogens with one attached hydrogen (secondary N) is 2. The van der Waals surface area contributed by atoms with Crippen LogP contribution in [0.3, 0.4) is 0 Å². The van der Waals surface area contributed by atoms with E-state index in [4.69, 9.17) is 4.74 Å². The van der Waals surface area contributed by atoms with E-state index in [0.29, 0.717) is 0 Å². The second-order valence-corrected chi connectivity index (χ2v) is 7.75. The van der Waals surface area contributed by atoms with E-state index in [2.05, 4.69) is 22.8 Å². The van der Waals surface area contributed by atoms with E-state index in [1.165, 1.54) is 37.0 Å². The van der Waals surface area contributed by atoms with Gasteiger partial charge in [0.2, 0.25) is 5.91 Å². The molecule has 0 aliphatic heterocycles. The van der Waals surface area contributed by atoms with Gasteiger partial charge in [-0.2, -0.15) is 0 Å². The molecule has 0 saturated heterocycles. The molecule has 0 bridgehead atoms. The Balaban J connectivity index is 1.57. The number of hydrogen-bond acceptors (Lipinski definition) is 4. The van der Waals surface area contributed by atoms with Crippen LogP contribution in [0, 0.1) is 0 Å². The fourth-order valence-corrected chi connectivity index (χ4v) is 3.65. The van der Waals surface area contributed by atoms with Gasteiger partial charge in [0.15, 0.2) is 6.61 Å². The summed E-state index contributed by atoms with van der Waals surface area (Å²) < 4.78 is 5.13. The molecule has 0 unspecified atom stereocenters. The highest BCUT2D eigenvalue weighted by Gasteiger charge is 2.17. The molecule has 162 valence electrons. The van der Waals surface area contributed by atoms with Crippen LogP contribution in [-0.2, 0) is 32.0 Å². The van der Waals surface area contributed by atoms with Gasteiger partial charge in [0.25, 0.3) is 5.91 Å². The van der Waals surface area contributed by atoms with Gasteiger partial charge in [0.1, 0.15) is 5.70 Å². The molecule has 2 aromatic rings. The summed E-state index contributed by atoms with van der Waals surface area (Å²) in [6.45, 7) is 2.78. The summed E-state index contributed by atoms with van der Waals surface area (Å²) in [5.41, 5.74) is 4.48. The van der Waals surface area contributed by atoms with Gasteiger partial charge in [-0.15, -0.1) is 0 Å². The van der Waals surface area contributed by atoms with Crippen molar-refractivity contribution in [3.8, 4) is 0 Å². The summed E-state index contributed by atoms with van der Waals surface area (Å²) in [4.78, 5) is 36.2. The van der Waals surface area contributed by atoms with E-state index in [0.717, 1.165) is 24.0 Å². The van der Waals surface area contributed by atoms with Crippen LogP contribution in [0.5, 0.6) is 0 Å². The lowest BCUT2D eigenvalue weighted by atomic mass is 9.89. The van der Waals surface area contributed by atoms with Crippen LogP contribution in [0.25, 0.3) is 6.08 Å². The highest BCUT2D eigenvalue weighted by atomic mass is 16.5. The third kappa shape index (κ3) is 6.54. The molecule has 3 rings (SSSR count). The van der Waals surface area contributed by atoms with Gasteiger partial charge >= 0.3 is 5.97 Å². The first-order valence-electron chi connectivity index (χ1n) is 10.5. The summed E-state index contributed by atoms with van der Waals surface area (Å²) in [6, 6.07) is 15.2. The summed E-state index contributed by atoms with van der Waals surface area (Å²) in [7, 11) is 0. The molecule has 1 atom stereocenters. The van der Waals surface area contributed by atoms with Crippen molar-refractivity contribution in [3.63, 3.8) is 0 Å². The molecule has 0 fully saturated rings. The predicted octanol–water partition coefficient (Wildman–Crippen LogP) is 3.46. The number of carbonyl (C=O) groups excluding carboxylic acids is 3. The molecular weight excluding hydrogens is 392 g/mol. The van der Waals surface area contributed by atoms with Gasteiger partial charge < -0.3 is 15.4 Å². The Hall–Kier alpha value is -3.41. The fourth-order valence-electron chi connectivity index (χ4n) is 3.65. The Kier molecular flexibility index (Phi) is 7.60. The van der Waals surface area contributed by atoms with Gasteiger partial charge in [0, 0.05) is 6.92 Å². The predicted molar refractivity (Wildman–Crippen MR) is 119 cm³/mol. The van der Waals surface area contributed by atoms with Crippen molar-refractivity contribution >= 4 is 23.9 Å². The van der Waals surface area contributed by atoms with E-state index >= 15 is 0 Å². The smallest absolute Gasteiger partial charge is 0.355 e. The number of benzene rings is 2. The number of fused-ring (bicyclic) bond motifs is 1. The van der Waals surface area contributed by atoms with E-state index in [1.807, 2.05) is 31.2 Å². The van der Waals surface area contributed by atoms with Gasteiger partial charge in [-0.1, -0.05) is 48.5 Å².